The molecule has 2 aromatic heterocycles. The van der Waals surface area contributed by atoms with E-state index in [-0.39, 0.29) is 5.56 Å². The van der Waals surface area contributed by atoms with Crippen molar-refractivity contribution in [3.63, 3.8) is 0 Å². The van der Waals surface area contributed by atoms with E-state index in [9.17, 15) is 4.39 Å². The van der Waals surface area contributed by atoms with Gasteiger partial charge >= 0.3 is 0 Å². The normalized spacial score (nSPS) is 33.1. The fourth-order valence-corrected chi connectivity index (χ4v) is 18.8. The van der Waals surface area contributed by atoms with Gasteiger partial charge in [-0.15, -0.1) is 11.3 Å². The van der Waals surface area contributed by atoms with Gasteiger partial charge in [-0.2, -0.15) is 5.26 Å². The number of thiophene rings is 1. The third-order valence-electron chi connectivity index (χ3n) is 20.2. The minimum Gasteiger partial charge on any atom is -0.307 e. The van der Waals surface area contributed by atoms with E-state index in [2.05, 4.69) is 117 Å². The van der Waals surface area contributed by atoms with E-state index in [1.165, 1.54) is 160 Å². The number of hydrogen-bond acceptors (Lipinski definition) is 6. The highest BCUT2D eigenvalue weighted by Gasteiger charge is 2.53. The minimum absolute atomic E-state index is 0.0973. The topological polar surface area (TPSA) is 72.8 Å². The number of hydrogen-bond donors (Lipinski definition) is 3. The Labute approximate surface area is 444 Å². The highest BCUT2D eigenvalue weighted by Crippen LogP contribution is 2.58. The maximum absolute atomic E-state index is 13.5. The van der Waals surface area contributed by atoms with Gasteiger partial charge in [-0.3, -0.25) is 4.98 Å². The third-order valence-corrected chi connectivity index (χ3v) is 21.1. The Hall–Kier alpha value is -4.97. The summed E-state index contributed by atoms with van der Waals surface area (Å²) in [5.41, 5.74) is 11.2. The summed E-state index contributed by atoms with van der Waals surface area (Å²) in [5, 5.41) is 23.1. The van der Waals surface area contributed by atoms with Gasteiger partial charge in [0.25, 0.3) is 0 Å². The Morgan fingerprint density at radius 2 is 0.838 bits per heavy atom. The van der Waals surface area contributed by atoms with Gasteiger partial charge in [0.2, 0.25) is 0 Å². The summed E-state index contributed by atoms with van der Waals surface area (Å²) in [6.45, 7) is 2.97. The molecule has 0 atom stereocenters. The zero-order chi connectivity index (χ0) is 49.7. The van der Waals surface area contributed by atoms with E-state index in [1.54, 1.807) is 12.1 Å². The van der Waals surface area contributed by atoms with Gasteiger partial charge in [-0.1, -0.05) is 91.0 Å². The monoisotopic (exact) mass is 1000 g/mol. The van der Waals surface area contributed by atoms with Crippen LogP contribution in [-0.2, 0) is 19.6 Å². The lowest BCUT2D eigenvalue weighted by Gasteiger charge is -2.57. The van der Waals surface area contributed by atoms with Crippen LogP contribution < -0.4 is 16.0 Å². The van der Waals surface area contributed by atoms with Crippen LogP contribution >= 0.6 is 11.3 Å². The van der Waals surface area contributed by atoms with Crippen LogP contribution in [0.3, 0.4) is 0 Å². The van der Waals surface area contributed by atoms with Crippen LogP contribution in [0.2, 0.25) is 0 Å². The Bertz CT molecular complexity index is 2800. The molecule has 74 heavy (non-hydrogen) atoms. The Morgan fingerprint density at radius 3 is 1.19 bits per heavy atom. The average Bonchev–Trinajstić information content (AvgIpc) is 3.95. The van der Waals surface area contributed by atoms with Crippen LogP contribution in [0.25, 0.3) is 32.7 Å². The summed E-state index contributed by atoms with van der Waals surface area (Å²) in [4.78, 5) is 5.58. The number of nitrogens with one attached hydrogen (secondary N) is 3. The van der Waals surface area contributed by atoms with Gasteiger partial charge in [0.15, 0.2) is 0 Å². The molecule has 0 saturated heterocycles. The summed E-state index contributed by atoms with van der Waals surface area (Å²) in [7, 11) is 0. The Morgan fingerprint density at radius 1 is 0.459 bits per heavy atom. The molecule has 2 heterocycles. The molecule has 0 spiro atoms. The predicted molar refractivity (Wildman–Crippen MR) is 299 cm³/mol. The molecule has 12 fully saturated rings. The van der Waals surface area contributed by atoms with Crippen LogP contribution in [-0.4, -0.2) is 21.6 Å². The molecule has 12 aliphatic rings. The molecular formula is C67H76FN5S. The molecule has 0 aliphatic heterocycles. The van der Waals surface area contributed by atoms with E-state index in [1.807, 2.05) is 35.9 Å². The molecule has 6 aromatic rings. The van der Waals surface area contributed by atoms with E-state index in [0.717, 1.165) is 84.0 Å². The van der Waals surface area contributed by atoms with E-state index < -0.39 is 5.82 Å². The Kier molecular flexibility index (Phi) is 13.5. The number of aromatic nitrogens is 1. The van der Waals surface area contributed by atoms with Gasteiger partial charge in [-0.05, 0) is 243 Å². The van der Waals surface area contributed by atoms with Crippen LogP contribution in [0.4, 0.5) is 4.39 Å². The molecule has 0 unspecified atom stereocenters. The second-order valence-electron chi connectivity index (χ2n) is 25.8. The first-order valence-electron chi connectivity index (χ1n) is 28.8. The molecule has 12 saturated carbocycles. The summed E-state index contributed by atoms with van der Waals surface area (Å²) < 4.78 is 13.5. The van der Waals surface area contributed by atoms with Crippen LogP contribution in [0.15, 0.2) is 133 Å². The van der Waals surface area contributed by atoms with E-state index >= 15 is 0 Å². The fourth-order valence-electron chi connectivity index (χ4n) is 18.0. The van der Waals surface area contributed by atoms with Gasteiger partial charge < -0.3 is 16.0 Å². The fraction of sp³-hybridized carbons (Fsp3) is 0.493. The highest BCUT2D eigenvalue weighted by atomic mass is 32.1. The largest absolute Gasteiger partial charge is 0.307 e. The molecule has 5 nitrogen and oxygen atoms in total. The Balaban J connectivity index is 0.000000107. The molecule has 7 heteroatoms. The van der Waals surface area contributed by atoms with Crippen LogP contribution in [0, 0.1) is 70.4 Å². The predicted octanol–water partition coefficient (Wildman–Crippen LogP) is 15.7. The smallest absolute Gasteiger partial charge is 0.140 e. The zero-order valence-corrected chi connectivity index (χ0v) is 44.2. The first kappa shape index (κ1) is 48.7. The van der Waals surface area contributed by atoms with Gasteiger partial charge in [0.05, 0.1) is 5.56 Å². The lowest BCUT2D eigenvalue weighted by atomic mass is 9.53. The first-order chi connectivity index (χ1) is 36.2. The summed E-state index contributed by atoms with van der Waals surface area (Å²) in [6.07, 6.45) is 30.0. The van der Waals surface area contributed by atoms with E-state index in [4.69, 9.17) is 5.26 Å². The molecule has 12 aliphatic carbocycles. The first-order valence-corrected chi connectivity index (χ1v) is 29.7. The summed E-state index contributed by atoms with van der Waals surface area (Å²) >= 11 is 1.82. The van der Waals surface area contributed by atoms with E-state index in [0.29, 0.717) is 16.6 Å². The third kappa shape index (κ3) is 10.6. The number of pyridine rings is 1. The molecule has 0 amide bonds. The van der Waals surface area contributed by atoms with Crippen molar-refractivity contribution in [3.05, 3.63) is 161 Å². The average molecular weight is 1000 g/mol. The van der Waals surface area contributed by atoms with Gasteiger partial charge in [0.1, 0.15) is 11.9 Å². The molecule has 0 radical (unpaired) electrons. The standard InChI is InChI=1S/C24H25FN2.C22H26N2.C21H25NS/c25-23-6-5-21(10-22(23)14-26)20-3-1-16(2-4-20)15-27-24-11-17-7-18(12-24)9-19(8-17)13-24;1-2-21(15-23-7-1)20-5-3-16(4-6-20)14-24-22-11-17-8-18(12-22)10-19(9-17)13-22;1-2-20(23-7-1)19-5-3-15(4-6-19)14-22-21-11-16-8-17(12-21)10-18(9-16)13-21/h1-6,10,17-19,27H,7-9,11-13,15H2;1-7,15,17-19,24H,8-14H2;1-7,16-18,22H,8-14H2. The van der Waals surface area contributed by atoms with Crippen LogP contribution in [0.5, 0.6) is 0 Å². The SMILES string of the molecule is N#Cc1cc(-c2ccc(CNC34CC5CC(CC(C5)C3)C4)cc2)ccc1F.c1cncc(-c2ccc(CNC34CC5CC(CC(C5)C3)C4)cc2)c1.c1csc(-c2ccc(CNC34CC5CC(CC(C5)C3)C4)cc2)c1. The van der Waals surface area contributed by atoms with Crippen LogP contribution in [0.1, 0.15) is 138 Å². The number of benzene rings is 4. The van der Waals surface area contributed by atoms with Crippen molar-refractivity contribution in [3.8, 4) is 38.8 Å². The lowest BCUT2D eigenvalue weighted by molar-refractivity contribution is -0.0207. The summed E-state index contributed by atoms with van der Waals surface area (Å²) in [6, 6.07) is 41.7. The maximum Gasteiger partial charge on any atom is 0.140 e. The quantitative estimate of drug-likeness (QED) is 0.114. The van der Waals surface area contributed by atoms with Crippen molar-refractivity contribution in [2.45, 2.75) is 152 Å². The van der Waals surface area contributed by atoms with Crippen molar-refractivity contribution < 1.29 is 4.39 Å². The highest BCUT2D eigenvalue weighted by molar-refractivity contribution is 7.13. The number of rotatable bonds is 12. The number of nitrogens with zero attached hydrogens (tertiary/aromatic N) is 2. The second-order valence-corrected chi connectivity index (χ2v) is 26.7. The molecule has 4 aromatic carbocycles. The maximum atomic E-state index is 13.5. The van der Waals surface area contributed by atoms with Crippen molar-refractivity contribution in [2.75, 3.05) is 0 Å². The van der Waals surface area contributed by atoms with Crippen molar-refractivity contribution in [1.82, 2.24) is 20.9 Å². The second kappa shape index (κ2) is 20.5. The van der Waals surface area contributed by atoms with Crippen molar-refractivity contribution in [2.24, 2.45) is 53.3 Å². The summed E-state index contributed by atoms with van der Waals surface area (Å²) in [5.74, 6) is 8.51. The molecule has 18 rings (SSSR count). The molecule has 12 bridgehead atoms. The van der Waals surface area contributed by atoms with Crippen molar-refractivity contribution >= 4 is 11.3 Å². The molecule has 382 valence electrons. The number of nitriles is 1. The van der Waals surface area contributed by atoms with Gasteiger partial charge in [-0.25, -0.2) is 4.39 Å². The lowest BCUT2D eigenvalue weighted by Crippen LogP contribution is -2.58. The van der Waals surface area contributed by atoms with Gasteiger partial charge in [0, 0.05) is 53.5 Å². The molecule has 3 N–H and O–H groups in total. The molecular weight excluding hydrogens is 926 g/mol. The van der Waals surface area contributed by atoms with Crippen molar-refractivity contribution in [1.29, 1.82) is 5.26 Å². The zero-order valence-electron chi connectivity index (χ0n) is 43.4. The minimum atomic E-state index is -0.461. The number of halogens is 1.